The molecule has 4 heteroatoms. The molecule has 1 aromatic rings. The number of hydrogen-bond acceptors (Lipinski definition) is 4. The monoisotopic (exact) mass is 376 g/mol. The van der Waals surface area contributed by atoms with E-state index in [-0.39, 0.29) is 17.9 Å². The minimum atomic E-state index is -0.272. The van der Waals surface area contributed by atoms with E-state index in [4.69, 9.17) is 9.47 Å². The largest absolute Gasteiger partial charge is 0.423 e. The fourth-order valence-electron chi connectivity index (χ4n) is 3.04. The van der Waals surface area contributed by atoms with Gasteiger partial charge in [-0.25, -0.2) is 0 Å². The molecule has 0 spiro atoms. The van der Waals surface area contributed by atoms with Crippen molar-refractivity contribution in [3.05, 3.63) is 24.3 Å². The minimum absolute atomic E-state index is 0.0997. The van der Waals surface area contributed by atoms with Crippen molar-refractivity contribution < 1.29 is 19.1 Å². The Kier molecular flexibility index (Phi) is 12.2. The Bertz CT molecular complexity index is 553. The van der Waals surface area contributed by atoms with E-state index in [1.165, 1.54) is 12.8 Å². The highest BCUT2D eigenvalue weighted by atomic mass is 16.6. The molecule has 1 atom stereocenters. The van der Waals surface area contributed by atoms with Gasteiger partial charge in [0.1, 0.15) is 0 Å². The summed E-state index contributed by atoms with van der Waals surface area (Å²) in [6, 6.07) is 6.93. The number of rotatable bonds is 14. The first-order valence-electron chi connectivity index (χ1n) is 10.6. The lowest BCUT2D eigenvalue weighted by Crippen LogP contribution is -2.21. The van der Waals surface area contributed by atoms with Crippen molar-refractivity contribution in [1.29, 1.82) is 0 Å². The number of benzene rings is 1. The van der Waals surface area contributed by atoms with Gasteiger partial charge in [-0.2, -0.15) is 0 Å². The summed E-state index contributed by atoms with van der Waals surface area (Å²) >= 11 is 0. The zero-order chi connectivity index (χ0) is 19.9. The van der Waals surface area contributed by atoms with Crippen molar-refractivity contribution in [3.63, 3.8) is 0 Å². The molecule has 0 aliphatic rings. The molecule has 0 saturated carbocycles. The molecule has 0 aromatic heterocycles. The minimum Gasteiger partial charge on any atom is -0.423 e. The van der Waals surface area contributed by atoms with Gasteiger partial charge in [0, 0.05) is 6.42 Å². The molecule has 1 aromatic carbocycles. The summed E-state index contributed by atoms with van der Waals surface area (Å²) < 4.78 is 11.1. The highest BCUT2D eigenvalue weighted by molar-refractivity contribution is 5.77. The number of ether oxygens (including phenoxy) is 2. The summed E-state index contributed by atoms with van der Waals surface area (Å²) in [7, 11) is 0. The van der Waals surface area contributed by atoms with Crippen LogP contribution in [0.15, 0.2) is 24.3 Å². The Hall–Kier alpha value is -1.84. The first-order chi connectivity index (χ1) is 13.1. The molecule has 0 fully saturated rings. The van der Waals surface area contributed by atoms with Crippen LogP contribution in [0.25, 0.3) is 0 Å². The van der Waals surface area contributed by atoms with Crippen molar-refractivity contribution in [1.82, 2.24) is 0 Å². The molecule has 0 heterocycles. The third-order valence-corrected chi connectivity index (χ3v) is 4.64. The standard InChI is InChI=1S/C23H36O4/c1-4-7-9-10-11-18-22(24)26-20-16-12-13-17-21(20)27-23(25)19(14-6-3)15-8-5-2/h12-13,16-17,19H,4-11,14-15,18H2,1-3H3. The Labute approximate surface area is 164 Å². The van der Waals surface area contributed by atoms with Gasteiger partial charge < -0.3 is 9.47 Å². The van der Waals surface area contributed by atoms with Gasteiger partial charge in [-0.3, -0.25) is 9.59 Å². The van der Waals surface area contributed by atoms with Gasteiger partial charge in [-0.05, 0) is 31.4 Å². The quantitative estimate of drug-likeness (QED) is 0.212. The fourth-order valence-corrected chi connectivity index (χ4v) is 3.04. The van der Waals surface area contributed by atoms with Crippen LogP contribution in [-0.2, 0) is 9.59 Å². The van der Waals surface area contributed by atoms with Crippen LogP contribution in [0.5, 0.6) is 11.5 Å². The molecule has 27 heavy (non-hydrogen) atoms. The molecule has 152 valence electrons. The van der Waals surface area contributed by atoms with E-state index in [9.17, 15) is 9.59 Å². The van der Waals surface area contributed by atoms with E-state index >= 15 is 0 Å². The third-order valence-electron chi connectivity index (χ3n) is 4.64. The summed E-state index contributed by atoms with van der Waals surface area (Å²) in [5.74, 6) is 0.0614. The van der Waals surface area contributed by atoms with Crippen molar-refractivity contribution in [2.24, 2.45) is 5.92 Å². The summed E-state index contributed by atoms with van der Waals surface area (Å²) in [5.41, 5.74) is 0. The second-order valence-electron chi connectivity index (χ2n) is 7.13. The third kappa shape index (κ3) is 9.60. The number of esters is 2. The molecular weight excluding hydrogens is 340 g/mol. The SMILES string of the molecule is CCCCCCCC(=O)Oc1ccccc1OC(=O)C(CCC)CCCC. The van der Waals surface area contributed by atoms with Gasteiger partial charge in [0.25, 0.3) is 0 Å². The Morgan fingerprint density at radius 3 is 2.04 bits per heavy atom. The van der Waals surface area contributed by atoms with Crippen LogP contribution >= 0.6 is 0 Å². The molecule has 1 unspecified atom stereocenters. The Morgan fingerprint density at radius 2 is 1.41 bits per heavy atom. The van der Waals surface area contributed by atoms with Crippen LogP contribution in [0.2, 0.25) is 0 Å². The zero-order valence-corrected chi connectivity index (χ0v) is 17.3. The van der Waals surface area contributed by atoms with E-state index in [2.05, 4.69) is 20.8 Å². The first kappa shape index (κ1) is 23.2. The van der Waals surface area contributed by atoms with Crippen LogP contribution in [0.3, 0.4) is 0 Å². The number of para-hydroxylation sites is 2. The maximum Gasteiger partial charge on any atom is 0.314 e. The predicted octanol–water partition coefficient (Wildman–Crippen LogP) is 6.46. The van der Waals surface area contributed by atoms with Crippen LogP contribution in [0.1, 0.15) is 91.4 Å². The average Bonchev–Trinajstić information content (AvgIpc) is 2.66. The van der Waals surface area contributed by atoms with E-state index in [0.29, 0.717) is 17.9 Å². The van der Waals surface area contributed by atoms with Crippen LogP contribution in [0, 0.1) is 5.92 Å². The van der Waals surface area contributed by atoms with Crippen molar-refractivity contribution in [2.75, 3.05) is 0 Å². The van der Waals surface area contributed by atoms with Gasteiger partial charge in [0.05, 0.1) is 5.92 Å². The summed E-state index contributed by atoms with van der Waals surface area (Å²) in [6.45, 7) is 6.35. The average molecular weight is 377 g/mol. The lowest BCUT2D eigenvalue weighted by Gasteiger charge is -2.16. The lowest BCUT2D eigenvalue weighted by molar-refractivity contribution is -0.140. The lowest BCUT2D eigenvalue weighted by atomic mass is 9.97. The maximum atomic E-state index is 12.6. The molecule has 4 nitrogen and oxygen atoms in total. The molecule has 0 aliphatic heterocycles. The van der Waals surface area contributed by atoms with E-state index in [1.54, 1.807) is 24.3 Å². The fraction of sp³-hybridized carbons (Fsp3) is 0.652. The van der Waals surface area contributed by atoms with Crippen LogP contribution in [-0.4, -0.2) is 11.9 Å². The molecule has 0 N–H and O–H groups in total. The van der Waals surface area contributed by atoms with Gasteiger partial charge in [-0.1, -0.05) is 77.8 Å². The molecular formula is C23H36O4. The molecule has 0 radical (unpaired) electrons. The van der Waals surface area contributed by atoms with Crippen molar-refractivity contribution >= 4 is 11.9 Å². The zero-order valence-electron chi connectivity index (χ0n) is 17.3. The topological polar surface area (TPSA) is 52.6 Å². The van der Waals surface area contributed by atoms with Crippen molar-refractivity contribution in [3.8, 4) is 11.5 Å². The number of carbonyl (C=O) groups excluding carboxylic acids is 2. The summed E-state index contributed by atoms with van der Waals surface area (Å²) in [6.07, 6.45) is 10.4. The molecule has 0 amide bonds. The second kappa shape index (κ2) is 14.2. The first-order valence-corrected chi connectivity index (χ1v) is 10.6. The molecule has 1 rings (SSSR count). The highest BCUT2D eigenvalue weighted by Crippen LogP contribution is 2.29. The van der Waals surface area contributed by atoms with E-state index < -0.39 is 0 Å². The number of carbonyl (C=O) groups is 2. The highest BCUT2D eigenvalue weighted by Gasteiger charge is 2.21. The normalized spacial score (nSPS) is 11.8. The van der Waals surface area contributed by atoms with Gasteiger partial charge >= 0.3 is 11.9 Å². The van der Waals surface area contributed by atoms with Crippen LogP contribution < -0.4 is 9.47 Å². The van der Waals surface area contributed by atoms with Gasteiger partial charge in [-0.15, -0.1) is 0 Å². The molecule has 0 aliphatic carbocycles. The summed E-state index contributed by atoms with van der Waals surface area (Å²) in [4.78, 5) is 24.7. The van der Waals surface area contributed by atoms with Gasteiger partial charge in [0.15, 0.2) is 11.5 Å². The maximum absolute atomic E-state index is 12.6. The van der Waals surface area contributed by atoms with Crippen LogP contribution in [0.4, 0.5) is 0 Å². The Morgan fingerprint density at radius 1 is 0.778 bits per heavy atom. The number of hydrogen-bond donors (Lipinski definition) is 0. The molecule has 0 saturated heterocycles. The smallest absolute Gasteiger partial charge is 0.314 e. The van der Waals surface area contributed by atoms with Crippen molar-refractivity contribution in [2.45, 2.75) is 91.4 Å². The number of unbranched alkanes of at least 4 members (excludes halogenated alkanes) is 5. The van der Waals surface area contributed by atoms with E-state index in [0.717, 1.165) is 51.4 Å². The Balaban J connectivity index is 2.61. The molecule has 0 bridgehead atoms. The predicted molar refractivity (Wildman–Crippen MR) is 109 cm³/mol. The summed E-state index contributed by atoms with van der Waals surface area (Å²) in [5, 5.41) is 0. The van der Waals surface area contributed by atoms with E-state index in [1.807, 2.05) is 0 Å². The van der Waals surface area contributed by atoms with Gasteiger partial charge in [0.2, 0.25) is 0 Å². The second-order valence-corrected chi connectivity index (χ2v) is 7.13.